The Kier molecular flexibility index (Phi) is 6.74. The van der Waals surface area contributed by atoms with Crippen LogP contribution in [-0.4, -0.2) is 38.4 Å². The highest BCUT2D eigenvalue weighted by Gasteiger charge is 2.05. The van der Waals surface area contributed by atoms with E-state index in [1.54, 1.807) is 14.2 Å². The van der Waals surface area contributed by atoms with E-state index in [0.29, 0.717) is 30.9 Å². The number of hydrogen-bond acceptors (Lipinski definition) is 4. The Bertz CT molecular complexity index is 406. The van der Waals surface area contributed by atoms with Gasteiger partial charge in [0.05, 0.1) is 14.2 Å². The summed E-state index contributed by atoms with van der Waals surface area (Å²) in [5.41, 5.74) is 1.07. The van der Waals surface area contributed by atoms with Gasteiger partial charge < -0.3 is 19.9 Å². The molecule has 2 N–H and O–H groups in total. The summed E-state index contributed by atoms with van der Waals surface area (Å²) in [6, 6.07) is 5.70. The fraction of sp³-hybridized carbons (Fsp3) is 0.500. The molecule has 0 aliphatic heterocycles. The van der Waals surface area contributed by atoms with Gasteiger partial charge in [0.25, 0.3) is 0 Å². The van der Waals surface area contributed by atoms with E-state index in [1.165, 1.54) is 0 Å². The number of hydrogen-bond donors (Lipinski definition) is 2. The summed E-state index contributed by atoms with van der Waals surface area (Å²) in [4.78, 5) is 11.3. The van der Waals surface area contributed by atoms with E-state index in [9.17, 15) is 4.79 Å². The number of carbonyl (C=O) groups is 1. The summed E-state index contributed by atoms with van der Waals surface area (Å²) in [7, 11) is 3.19. The number of carbonyl (C=O) groups excluding carboxylic acids is 1. The first-order chi connectivity index (χ1) is 9.21. The number of nitrogens with one attached hydrogen (secondary N) is 1. The number of aliphatic hydroxyl groups is 1. The van der Waals surface area contributed by atoms with Crippen molar-refractivity contribution in [3.8, 4) is 11.5 Å². The third-order valence-corrected chi connectivity index (χ3v) is 2.75. The quantitative estimate of drug-likeness (QED) is 0.741. The lowest BCUT2D eigenvalue weighted by Gasteiger charge is -2.10. The predicted octanol–water partition coefficient (Wildman–Crippen LogP) is 1.13. The van der Waals surface area contributed by atoms with Crippen LogP contribution in [0, 0.1) is 0 Å². The summed E-state index contributed by atoms with van der Waals surface area (Å²) in [5.74, 6) is 1.35. The molecule has 5 heteroatoms. The van der Waals surface area contributed by atoms with Crippen LogP contribution in [-0.2, 0) is 11.2 Å². The van der Waals surface area contributed by atoms with Gasteiger partial charge in [0.2, 0.25) is 5.91 Å². The van der Waals surface area contributed by atoms with Crippen LogP contribution >= 0.6 is 0 Å². The fourth-order valence-corrected chi connectivity index (χ4v) is 1.71. The SMILES string of the molecule is COc1ccc(CCNC(=O)CCCO)cc1OC. The number of amides is 1. The first-order valence-corrected chi connectivity index (χ1v) is 6.29. The lowest BCUT2D eigenvalue weighted by Crippen LogP contribution is -2.25. The molecule has 0 saturated carbocycles. The molecule has 0 spiro atoms. The number of methoxy groups -OCH3 is 2. The molecule has 0 aromatic heterocycles. The standard InChI is InChI=1S/C14H21NO4/c1-18-12-6-5-11(10-13(12)19-2)7-8-15-14(17)4-3-9-16/h5-6,10,16H,3-4,7-9H2,1-2H3,(H,15,17). The van der Waals surface area contributed by atoms with Crippen LogP contribution < -0.4 is 14.8 Å². The van der Waals surface area contributed by atoms with E-state index in [-0.39, 0.29) is 12.5 Å². The van der Waals surface area contributed by atoms with Gasteiger partial charge in [-0.2, -0.15) is 0 Å². The van der Waals surface area contributed by atoms with E-state index in [1.807, 2.05) is 18.2 Å². The van der Waals surface area contributed by atoms with Gasteiger partial charge in [0.15, 0.2) is 11.5 Å². The summed E-state index contributed by atoms with van der Waals surface area (Å²) in [5, 5.41) is 11.4. The molecule has 106 valence electrons. The number of aliphatic hydroxyl groups excluding tert-OH is 1. The zero-order valence-electron chi connectivity index (χ0n) is 11.4. The minimum Gasteiger partial charge on any atom is -0.493 e. The van der Waals surface area contributed by atoms with E-state index >= 15 is 0 Å². The number of benzene rings is 1. The highest BCUT2D eigenvalue weighted by Crippen LogP contribution is 2.27. The molecular formula is C14H21NO4. The molecule has 0 heterocycles. The van der Waals surface area contributed by atoms with Gasteiger partial charge in [-0.1, -0.05) is 6.07 Å². The Morgan fingerprint density at radius 2 is 2.00 bits per heavy atom. The zero-order valence-corrected chi connectivity index (χ0v) is 11.4. The molecule has 19 heavy (non-hydrogen) atoms. The Morgan fingerprint density at radius 3 is 2.63 bits per heavy atom. The summed E-state index contributed by atoms with van der Waals surface area (Å²) in [6.45, 7) is 0.614. The lowest BCUT2D eigenvalue weighted by atomic mass is 10.1. The molecule has 5 nitrogen and oxygen atoms in total. The second kappa shape index (κ2) is 8.37. The topological polar surface area (TPSA) is 67.8 Å². The van der Waals surface area contributed by atoms with Crippen molar-refractivity contribution in [2.24, 2.45) is 0 Å². The van der Waals surface area contributed by atoms with Crippen LogP contribution in [0.4, 0.5) is 0 Å². The molecule has 1 amide bonds. The Labute approximate surface area is 113 Å². The molecule has 0 atom stereocenters. The first-order valence-electron chi connectivity index (χ1n) is 6.29. The molecular weight excluding hydrogens is 246 g/mol. The van der Waals surface area contributed by atoms with Crippen LogP contribution in [0.2, 0.25) is 0 Å². The van der Waals surface area contributed by atoms with Crippen molar-refractivity contribution in [2.75, 3.05) is 27.4 Å². The second-order valence-corrected chi connectivity index (χ2v) is 4.12. The van der Waals surface area contributed by atoms with Gasteiger partial charge >= 0.3 is 0 Å². The lowest BCUT2D eigenvalue weighted by molar-refractivity contribution is -0.121. The number of ether oxygens (including phenoxy) is 2. The van der Waals surface area contributed by atoms with E-state index in [2.05, 4.69) is 5.32 Å². The summed E-state index contributed by atoms with van der Waals surface area (Å²) in [6.07, 6.45) is 1.59. The van der Waals surface area contributed by atoms with Gasteiger partial charge in [-0.25, -0.2) is 0 Å². The van der Waals surface area contributed by atoms with Crippen LogP contribution in [0.3, 0.4) is 0 Å². The summed E-state index contributed by atoms with van der Waals surface area (Å²) < 4.78 is 10.4. The monoisotopic (exact) mass is 267 g/mol. The molecule has 1 aromatic carbocycles. The zero-order chi connectivity index (χ0) is 14.1. The van der Waals surface area contributed by atoms with Crippen molar-refractivity contribution < 1.29 is 19.4 Å². The number of rotatable bonds is 8. The van der Waals surface area contributed by atoms with Crippen LogP contribution in [0.5, 0.6) is 11.5 Å². The maximum Gasteiger partial charge on any atom is 0.220 e. The molecule has 1 rings (SSSR count). The minimum atomic E-state index is -0.0328. The molecule has 0 radical (unpaired) electrons. The average molecular weight is 267 g/mol. The third kappa shape index (κ3) is 5.18. The largest absolute Gasteiger partial charge is 0.493 e. The summed E-state index contributed by atoms with van der Waals surface area (Å²) >= 11 is 0. The van der Waals surface area contributed by atoms with E-state index < -0.39 is 0 Å². The normalized spacial score (nSPS) is 10.1. The van der Waals surface area contributed by atoms with Crippen molar-refractivity contribution in [3.05, 3.63) is 23.8 Å². The van der Waals surface area contributed by atoms with Crippen molar-refractivity contribution in [1.29, 1.82) is 0 Å². The van der Waals surface area contributed by atoms with Gasteiger partial charge in [-0.3, -0.25) is 4.79 Å². The maximum atomic E-state index is 11.3. The van der Waals surface area contributed by atoms with Gasteiger partial charge in [0, 0.05) is 19.6 Å². The second-order valence-electron chi connectivity index (χ2n) is 4.12. The Balaban J connectivity index is 2.43. The van der Waals surface area contributed by atoms with E-state index in [4.69, 9.17) is 14.6 Å². The highest BCUT2D eigenvalue weighted by atomic mass is 16.5. The Hall–Kier alpha value is -1.75. The molecule has 0 bridgehead atoms. The van der Waals surface area contributed by atoms with Gasteiger partial charge in [-0.15, -0.1) is 0 Å². The molecule has 0 aliphatic carbocycles. The van der Waals surface area contributed by atoms with E-state index in [0.717, 1.165) is 12.0 Å². The highest BCUT2D eigenvalue weighted by molar-refractivity contribution is 5.75. The predicted molar refractivity (Wildman–Crippen MR) is 72.6 cm³/mol. The Morgan fingerprint density at radius 1 is 1.26 bits per heavy atom. The van der Waals surface area contributed by atoms with Crippen LogP contribution in [0.15, 0.2) is 18.2 Å². The maximum absolute atomic E-state index is 11.3. The molecule has 1 aromatic rings. The molecule has 0 aliphatic rings. The van der Waals surface area contributed by atoms with Crippen LogP contribution in [0.1, 0.15) is 18.4 Å². The third-order valence-electron chi connectivity index (χ3n) is 2.75. The fourth-order valence-electron chi connectivity index (χ4n) is 1.71. The molecule has 0 unspecified atom stereocenters. The first kappa shape index (κ1) is 15.3. The molecule has 0 fully saturated rings. The average Bonchev–Trinajstić information content (AvgIpc) is 2.44. The van der Waals surface area contributed by atoms with Crippen molar-refractivity contribution >= 4 is 5.91 Å². The smallest absolute Gasteiger partial charge is 0.220 e. The molecule has 0 saturated heterocycles. The van der Waals surface area contributed by atoms with Gasteiger partial charge in [-0.05, 0) is 30.5 Å². The van der Waals surface area contributed by atoms with Crippen molar-refractivity contribution in [2.45, 2.75) is 19.3 Å². The van der Waals surface area contributed by atoms with Crippen molar-refractivity contribution in [1.82, 2.24) is 5.32 Å². The van der Waals surface area contributed by atoms with Crippen molar-refractivity contribution in [3.63, 3.8) is 0 Å². The van der Waals surface area contributed by atoms with Crippen LogP contribution in [0.25, 0.3) is 0 Å². The minimum absolute atomic E-state index is 0.0328. The van der Waals surface area contributed by atoms with Gasteiger partial charge in [0.1, 0.15) is 0 Å².